The third-order valence-corrected chi connectivity index (χ3v) is 6.28. The summed E-state index contributed by atoms with van der Waals surface area (Å²) in [4.78, 5) is 20.7. The lowest BCUT2D eigenvalue weighted by molar-refractivity contribution is 0.0737. The Morgan fingerprint density at radius 1 is 0.914 bits per heavy atom. The lowest BCUT2D eigenvalue weighted by Crippen LogP contribution is -2.33. The first-order chi connectivity index (χ1) is 16.9. The zero-order chi connectivity index (χ0) is 25.1. The lowest BCUT2D eigenvalue weighted by atomic mass is 10.0. The number of aryl methyl sites for hydroxylation is 3. The monoisotopic (exact) mass is 471 g/mol. The van der Waals surface area contributed by atoms with E-state index in [1.165, 1.54) is 0 Å². The fourth-order valence-corrected chi connectivity index (χ4v) is 4.60. The fourth-order valence-electron chi connectivity index (χ4n) is 4.60. The van der Waals surface area contributed by atoms with Crippen molar-refractivity contribution in [1.29, 1.82) is 0 Å². The molecule has 0 radical (unpaired) electrons. The summed E-state index contributed by atoms with van der Waals surface area (Å²) < 4.78 is 12.9. The quantitative estimate of drug-likeness (QED) is 0.315. The molecule has 0 aliphatic heterocycles. The van der Waals surface area contributed by atoms with Gasteiger partial charge in [-0.2, -0.15) is 0 Å². The Morgan fingerprint density at radius 2 is 1.57 bits per heavy atom. The van der Waals surface area contributed by atoms with E-state index in [0.717, 1.165) is 62.7 Å². The van der Waals surface area contributed by atoms with Gasteiger partial charge in [-0.3, -0.25) is 9.36 Å². The number of methoxy groups -OCH3 is 2. The number of nitrogens with zero attached hydrogens (tertiary/aromatic N) is 3. The molecular formula is C29H33N3O3. The molecule has 182 valence electrons. The van der Waals surface area contributed by atoms with Crippen LogP contribution in [0.3, 0.4) is 0 Å². The minimum atomic E-state index is 0.00835. The van der Waals surface area contributed by atoms with Crippen molar-refractivity contribution in [3.05, 3.63) is 82.7 Å². The summed E-state index contributed by atoms with van der Waals surface area (Å²) in [7, 11) is 3.30. The van der Waals surface area contributed by atoms with E-state index in [4.69, 9.17) is 14.5 Å². The standard InChI is InChI=1S/C29H33N3O3/c1-7-14-31(29(33)28-20(3)16-24(35-6)17-21(28)4)18-27-30-25-15-19(2)8-13-26(25)32(27)22-9-11-23(34-5)12-10-22/h8-13,15-17H,7,14,18H2,1-6H3. The van der Waals surface area contributed by atoms with Gasteiger partial charge in [0, 0.05) is 17.8 Å². The van der Waals surface area contributed by atoms with Gasteiger partial charge in [0.2, 0.25) is 0 Å². The van der Waals surface area contributed by atoms with Gasteiger partial charge in [-0.1, -0.05) is 13.0 Å². The van der Waals surface area contributed by atoms with E-state index in [-0.39, 0.29) is 5.91 Å². The molecule has 0 saturated heterocycles. The van der Waals surface area contributed by atoms with Crippen LogP contribution in [0.4, 0.5) is 0 Å². The van der Waals surface area contributed by atoms with E-state index in [0.29, 0.717) is 13.1 Å². The van der Waals surface area contributed by atoms with Gasteiger partial charge >= 0.3 is 0 Å². The number of hydrogen-bond donors (Lipinski definition) is 0. The number of amides is 1. The Kier molecular flexibility index (Phi) is 7.10. The van der Waals surface area contributed by atoms with E-state index in [9.17, 15) is 4.79 Å². The van der Waals surface area contributed by atoms with Crippen molar-refractivity contribution in [3.63, 3.8) is 0 Å². The minimum Gasteiger partial charge on any atom is -0.497 e. The van der Waals surface area contributed by atoms with E-state index in [2.05, 4.69) is 36.6 Å². The molecule has 0 unspecified atom stereocenters. The number of ether oxygens (including phenoxy) is 2. The lowest BCUT2D eigenvalue weighted by Gasteiger charge is -2.24. The number of carbonyl (C=O) groups is 1. The molecular weight excluding hydrogens is 438 g/mol. The first kappa shape index (κ1) is 24.3. The van der Waals surface area contributed by atoms with Crippen LogP contribution in [0.2, 0.25) is 0 Å². The van der Waals surface area contributed by atoms with Crippen LogP contribution in [0.15, 0.2) is 54.6 Å². The van der Waals surface area contributed by atoms with E-state index in [1.807, 2.05) is 55.1 Å². The number of aromatic nitrogens is 2. The highest BCUT2D eigenvalue weighted by Gasteiger charge is 2.23. The van der Waals surface area contributed by atoms with Crippen LogP contribution in [0, 0.1) is 20.8 Å². The van der Waals surface area contributed by atoms with Crippen molar-refractivity contribution >= 4 is 16.9 Å². The minimum absolute atomic E-state index is 0.00835. The second-order valence-electron chi connectivity index (χ2n) is 8.92. The molecule has 6 nitrogen and oxygen atoms in total. The molecule has 3 aromatic carbocycles. The fraction of sp³-hybridized carbons (Fsp3) is 0.310. The van der Waals surface area contributed by atoms with Gasteiger partial charge in [0.1, 0.15) is 17.3 Å². The predicted octanol–water partition coefficient (Wildman–Crippen LogP) is 6.02. The van der Waals surface area contributed by atoms with Crippen LogP contribution in [0.5, 0.6) is 11.5 Å². The van der Waals surface area contributed by atoms with Crippen LogP contribution < -0.4 is 9.47 Å². The van der Waals surface area contributed by atoms with Crippen LogP contribution in [-0.4, -0.2) is 41.1 Å². The number of rotatable bonds is 8. The van der Waals surface area contributed by atoms with Crippen molar-refractivity contribution < 1.29 is 14.3 Å². The molecule has 0 aliphatic carbocycles. The molecule has 1 heterocycles. The van der Waals surface area contributed by atoms with Gasteiger partial charge in [0.15, 0.2) is 0 Å². The highest BCUT2D eigenvalue weighted by Crippen LogP contribution is 2.27. The Balaban J connectivity index is 1.79. The Bertz CT molecular complexity index is 1330. The summed E-state index contributed by atoms with van der Waals surface area (Å²) in [5, 5.41) is 0. The average molecular weight is 472 g/mol. The molecule has 0 N–H and O–H groups in total. The Morgan fingerprint density at radius 3 is 2.17 bits per heavy atom. The normalized spacial score (nSPS) is 11.0. The van der Waals surface area contributed by atoms with Crippen molar-refractivity contribution in [2.24, 2.45) is 0 Å². The Labute approximate surface area is 207 Å². The van der Waals surface area contributed by atoms with Crippen LogP contribution in [0.1, 0.15) is 46.2 Å². The maximum Gasteiger partial charge on any atom is 0.254 e. The van der Waals surface area contributed by atoms with Gasteiger partial charge in [0.25, 0.3) is 5.91 Å². The number of imidazole rings is 1. The molecule has 0 spiro atoms. The number of benzene rings is 3. The first-order valence-electron chi connectivity index (χ1n) is 11.9. The Hall–Kier alpha value is -3.80. The maximum atomic E-state index is 13.8. The van der Waals surface area contributed by atoms with Crippen molar-refractivity contribution in [2.45, 2.75) is 40.7 Å². The number of carbonyl (C=O) groups excluding carboxylic acids is 1. The SMILES string of the molecule is CCCN(Cc1nc2cc(C)ccc2n1-c1ccc(OC)cc1)C(=O)c1c(C)cc(OC)cc1C. The molecule has 0 fully saturated rings. The van der Waals surface area contributed by atoms with Crippen molar-refractivity contribution in [3.8, 4) is 17.2 Å². The largest absolute Gasteiger partial charge is 0.497 e. The van der Waals surface area contributed by atoms with E-state index >= 15 is 0 Å². The molecule has 0 atom stereocenters. The zero-order valence-corrected chi connectivity index (χ0v) is 21.4. The zero-order valence-electron chi connectivity index (χ0n) is 21.4. The highest BCUT2D eigenvalue weighted by molar-refractivity contribution is 5.97. The molecule has 35 heavy (non-hydrogen) atoms. The number of hydrogen-bond acceptors (Lipinski definition) is 4. The second-order valence-corrected chi connectivity index (χ2v) is 8.92. The van der Waals surface area contributed by atoms with Crippen molar-refractivity contribution in [2.75, 3.05) is 20.8 Å². The second kappa shape index (κ2) is 10.2. The van der Waals surface area contributed by atoms with Gasteiger partial charge in [0.05, 0.1) is 31.8 Å². The predicted molar refractivity (Wildman–Crippen MR) is 140 cm³/mol. The summed E-state index contributed by atoms with van der Waals surface area (Å²) >= 11 is 0. The molecule has 0 bridgehead atoms. The number of fused-ring (bicyclic) bond motifs is 1. The van der Waals surface area contributed by atoms with Crippen LogP contribution >= 0.6 is 0 Å². The average Bonchev–Trinajstić information content (AvgIpc) is 3.19. The summed E-state index contributed by atoms with van der Waals surface area (Å²) in [6, 6.07) is 18.0. The van der Waals surface area contributed by atoms with E-state index in [1.54, 1.807) is 14.2 Å². The van der Waals surface area contributed by atoms with Gasteiger partial charge < -0.3 is 14.4 Å². The molecule has 6 heteroatoms. The van der Waals surface area contributed by atoms with Gasteiger partial charge in [-0.05, 0) is 92.4 Å². The third-order valence-electron chi connectivity index (χ3n) is 6.28. The first-order valence-corrected chi connectivity index (χ1v) is 11.9. The molecule has 0 saturated carbocycles. The molecule has 4 rings (SSSR count). The molecule has 4 aromatic rings. The highest BCUT2D eigenvalue weighted by atomic mass is 16.5. The summed E-state index contributed by atoms with van der Waals surface area (Å²) in [5.74, 6) is 2.38. The molecule has 0 aliphatic rings. The molecule has 1 aromatic heterocycles. The van der Waals surface area contributed by atoms with Gasteiger partial charge in [-0.25, -0.2) is 4.98 Å². The summed E-state index contributed by atoms with van der Waals surface area (Å²) in [5.41, 5.74) is 6.59. The van der Waals surface area contributed by atoms with E-state index < -0.39 is 0 Å². The summed E-state index contributed by atoms with van der Waals surface area (Å²) in [6.07, 6.45) is 0.849. The maximum absolute atomic E-state index is 13.8. The molecule has 1 amide bonds. The summed E-state index contributed by atoms with van der Waals surface area (Å²) in [6.45, 7) is 9.11. The van der Waals surface area contributed by atoms with Crippen LogP contribution in [-0.2, 0) is 6.54 Å². The van der Waals surface area contributed by atoms with Crippen molar-refractivity contribution in [1.82, 2.24) is 14.5 Å². The van der Waals surface area contributed by atoms with Gasteiger partial charge in [-0.15, -0.1) is 0 Å². The smallest absolute Gasteiger partial charge is 0.254 e. The topological polar surface area (TPSA) is 56.6 Å². The van der Waals surface area contributed by atoms with Crippen LogP contribution in [0.25, 0.3) is 16.7 Å². The third kappa shape index (κ3) is 4.87.